The number of carbonyl (C=O) groups excluding carboxylic acids is 2. The maximum Gasteiger partial charge on any atom is 0.335 e. The Balaban J connectivity index is 1.47. The third-order valence-electron chi connectivity index (χ3n) is 7.86. The minimum Gasteiger partial charge on any atom is -0.479 e. The molecule has 3 aliphatic rings. The highest BCUT2D eigenvalue weighted by Gasteiger charge is 2.53. The molecule has 9 heteroatoms. The van der Waals surface area contributed by atoms with Gasteiger partial charge in [-0.05, 0) is 36.6 Å². The van der Waals surface area contributed by atoms with E-state index in [0.717, 1.165) is 24.0 Å². The van der Waals surface area contributed by atoms with E-state index in [4.69, 9.17) is 0 Å². The van der Waals surface area contributed by atoms with Crippen LogP contribution in [0, 0.1) is 0 Å². The van der Waals surface area contributed by atoms with Gasteiger partial charge in [0.1, 0.15) is 11.7 Å². The number of nitrogens with zero attached hydrogens (tertiary/aromatic N) is 3. The number of hydrogen-bond donors (Lipinski definition) is 2. The molecule has 2 amide bonds. The number of fused-ring (bicyclic) bond motifs is 3. The third-order valence-corrected chi connectivity index (χ3v) is 7.86. The number of benzene rings is 2. The van der Waals surface area contributed by atoms with Gasteiger partial charge in [-0.1, -0.05) is 43.2 Å². The van der Waals surface area contributed by atoms with E-state index in [0.29, 0.717) is 31.5 Å². The highest BCUT2D eigenvalue weighted by Crippen LogP contribution is 2.44. The molecule has 0 radical (unpaired) electrons. The van der Waals surface area contributed by atoms with E-state index in [-0.39, 0.29) is 36.1 Å². The molecule has 1 saturated carbocycles. The molecule has 0 bridgehead atoms. The Morgan fingerprint density at radius 3 is 2.31 bits per heavy atom. The van der Waals surface area contributed by atoms with Crippen LogP contribution in [0.2, 0.25) is 0 Å². The van der Waals surface area contributed by atoms with Crippen LogP contribution in [0.25, 0.3) is 0 Å². The normalized spacial score (nSPS) is 22.4. The van der Waals surface area contributed by atoms with Crippen LogP contribution in [0.5, 0.6) is 0 Å². The van der Waals surface area contributed by atoms with Crippen LogP contribution in [0.3, 0.4) is 0 Å². The molecule has 0 spiro atoms. The minimum atomic E-state index is -1.24. The van der Waals surface area contributed by atoms with Crippen molar-refractivity contribution in [2.75, 3.05) is 13.1 Å². The predicted molar refractivity (Wildman–Crippen MR) is 129 cm³/mol. The molecule has 0 aromatic heterocycles. The number of carbonyl (C=O) groups is 4. The highest BCUT2D eigenvalue weighted by atomic mass is 16.4. The van der Waals surface area contributed by atoms with Crippen molar-refractivity contribution in [3.8, 4) is 0 Å². The van der Waals surface area contributed by atoms with E-state index in [1.165, 1.54) is 11.8 Å². The molecule has 1 aliphatic carbocycles. The Hall–Kier alpha value is -3.72. The molecule has 2 aliphatic heterocycles. The Morgan fingerprint density at radius 1 is 1.03 bits per heavy atom. The SMILES string of the molecule is CC(=O)N(C[C@@H]1CN(Cc2ccc(C(=O)O)cc2)[C@H]2c3ccccc3C(=O)N12)C1(C(=O)O)CCCC1. The van der Waals surface area contributed by atoms with E-state index in [1.54, 1.807) is 35.2 Å². The molecule has 2 atom stereocenters. The van der Waals surface area contributed by atoms with Crippen molar-refractivity contribution in [3.05, 3.63) is 70.8 Å². The first-order valence-electron chi connectivity index (χ1n) is 12.2. The molecule has 2 heterocycles. The summed E-state index contributed by atoms with van der Waals surface area (Å²) < 4.78 is 0. The van der Waals surface area contributed by atoms with E-state index >= 15 is 0 Å². The quantitative estimate of drug-likeness (QED) is 0.611. The molecule has 2 N–H and O–H groups in total. The predicted octanol–water partition coefficient (Wildman–Crippen LogP) is 2.97. The molecular formula is C27H29N3O6. The van der Waals surface area contributed by atoms with Gasteiger partial charge in [-0.2, -0.15) is 0 Å². The number of amides is 2. The van der Waals surface area contributed by atoms with Crippen LogP contribution in [0.4, 0.5) is 0 Å². The molecule has 2 aromatic rings. The van der Waals surface area contributed by atoms with Gasteiger partial charge in [-0.3, -0.25) is 14.5 Å². The molecule has 1 saturated heterocycles. The molecular weight excluding hydrogens is 462 g/mol. The lowest BCUT2D eigenvalue weighted by molar-refractivity contribution is -0.159. The Kier molecular flexibility index (Phi) is 6.04. The summed E-state index contributed by atoms with van der Waals surface area (Å²) in [4.78, 5) is 55.3. The number of aliphatic carboxylic acids is 1. The molecule has 9 nitrogen and oxygen atoms in total. The molecule has 5 rings (SSSR count). The largest absolute Gasteiger partial charge is 0.479 e. The standard InChI is InChI=1S/C27H29N3O6/c1-17(31)29(27(26(35)36)12-4-5-13-27)16-20-15-28(14-18-8-10-19(11-9-18)25(33)34)23-21-6-2-3-7-22(21)24(32)30(20)23/h2-3,6-11,20,23H,4-5,12-16H2,1H3,(H,33,34)(H,35,36)/t20-,23+/m0/s1. The van der Waals surface area contributed by atoms with Crippen molar-refractivity contribution in [1.29, 1.82) is 0 Å². The summed E-state index contributed by atoms with van der Waals surface area (Å²) in [7, 11) is 0. The summed E-state index contributed by atoms with van der Waals surface area (Å²) in [6.45, 7) is 2.48. The second-order valence-corrected chi connectivity index (χ2v) is 9.93. The number of hydrogen-bond acceptors (Lipinski definition) is 5. The van der Waals surface area contributed by atoms with Crippen molar-refractivity contribution < 1.29 is 29.4 Å². The Labute approximate surface area is 208 Å². The van der Waals surface area contributed by atoms with Gasteiger partial charge in [-0.15, -0.1) is 0 Å². The number of carboxylic acid groups (broad SMARTS) is 2. The van der Waals surface area contributed by atoms with Gasteiger partial charge in [0.25, 0.3) is 5.91 Å². The van der Waals surface area contributed by atoms with Crippen LogP contribution in [0.1, 0.15) is 70.6 Å². The molecule has 2 aromatic carbocycles. The van der Waals surface area contributed by atoms with Gasteiger partial charge < -0.3 is 20.0 Å². The molecule has 2 fully saturated rings. The molecule has 0 unspecified atom stereocenters. The maximum atomic E-state index is 13.5. The second-order valence-electron chi connectivity index (χ2n) is 9.93. The van der Waals surface area contributed by atoms with Crippen molar-refractivity contribution in [2.24, 2.45) is 0 Å². The van der Waals surface area contributed by atoms with Crippen LogP contribution in [0.15, 0.2) is 48.5 Å². The lowest BCUT2D eigenvalue weighted by Crippen LogP contribution is -2.58. The first kappa shape index (κ1) is 24.0. The zero-order chi connectivity index (χ0) is 25.6. The summed E-state index contributed by atoms with van der Waals surface area (Å²) in [5, 5.41) is 19.3. The van der Waals surface area contributed by atoms with E-state index in [9.17, 15) is 29.4 Å². The zero-order valence-electron chi connectivity index (χ0n) is 20.1. The summed E-state index contributed by atoms with van der Waals surface area (Å²) in [5.41, 5.74) is 1.36. The van der Waals surface area contributed by atoms with Crippen LogP contribution in [-0.4, -0.2) is 73.3 Å². The Bertz CT molecular complexity index is 1220. The lowest BCUT2D eigenvalue weighted by atomic mass is 9.94. The summed E-state index contributed by atoms with van der Waals surface area (Å²) in [6, 6.07) is 13.7. The highest BCUT2D eigenvalue weighted by molar-refractivity contribution is 5.99. The second kappa shape index (κ2) is 9.05. The smallest absolute Gasteiger partial charge is 0.335 e. The first-order chi connectivity index (χ1) is 17.2. The fourth-order valence-corrected chi connectivity index (χ4v) is 6.17. The van der Waals surface area contributed by atoms with Crippen molar-refractivity contribution in [3.63, 3.8) is 0 Å². The van der Waals surface area contributed by atoms with Crippen LogP contribution < -0.4 is 0 Å². The van der Waals surface area contributed by atoms with Crippen molar-refractivity contribution >= 4 is 23.8 Å². The van der Waals surface area contributed by atoms with Crippen molar-refractivity contribution in [2.45, 2.75) is 56.9 Å². The Morgan fingerprint density at radius 2 is 1.69 bits per heavy atom. The molecule has 188 valence electrons. The summed E-state index contributed by atoms with van der Waals surface area (Å²) >= 11 is 0. The average molecular weight is 492 g/mol. The van der Waals surface area contributed by atoms with Gasteiger partial charge in [-0.25, -0.2) is 9.59 Å². The topological polar surface area (TPSA) is 118 Å². The number of rotatable bonds is 7. The van der Waals surface area contributed by atoms with Gasteiger partial charge in [0.05, 0.1) is 11.6 Å². The van der Waals surface area contributed by atoms with Gasteiger partial charge in [0.2, 0.25) is 5.91 Å². The van der Waals surface area contributed by atoms with Crippen LogP contribution in [-0.2, 0) is 16.1 Å². The maximum absolute atomic E-state index is 13.5. The first-order valence-corrected chi connectivity index (χ1v) is 12.2. The van der Waals surface area contributed by atoms with E-state index in [1.807, 2.05) is 18.2 Å². The summed E-state index contributed by atoms with van der Waals surface area (Å²) in [5.74, 6) is -2.41. The van der Waals surface area contributed by atoms with Crippen LogP contribution >= 0.6 is 0 Å². The third kappa shape index (κ3) is 3.83. The summed E-state index contributed by atoms with van der Waals surface area (Å²) in [6.07, 6.45) is 1.97. The number of carboxylic acids is 2. The van der Waals surface area contributed by atoms with E-state index in [2.05, 4.69) is 4.90 Å². The monoisotopic (exact) mass is 491 g/mol. The average Bonchev–Trinajstić information content (AvgIpc) is 3.55. The molecule has 36 heavy (non-hydrogen) atoms. The zero-order valence-corrected chi connectivity index (χ0v) is 20.1. The van der Waals surface area contributed by atoms with Crippen molar-refractivity contribution in [1.82, 2.24) is 14.7 Å². The van der Waals surface area contributed by atoms with Gasteiger partial charge in [0.15, 0.2) is 0 Å². The van der Waals surface area contributed by atoms with Gasteiger partial charge >= 0.3 is 11.9 Å². The fourth-order valence-electron chi connectivity index (χ4n) is 6.17. The number of aromatic carboxylic acids is 1. The minimum absolute atomic E-state index is 0.122. The lowest BCUT2D eigenvalue weighted by Gasteiger charge is -2.40. The fraction of sp³-hybridized carbons (Fsp3) is 0.407. The van der Waals surface area contributed by atoms with E-state index < -0.39 is 17.5 Å². The van der Waals surface area contributed by atoms with Gasteiger partial charge in [0, 0.05) is 37.7 Å².